The van der Waals surface area contributed by atoms with Crippen molar-refractivity contribution in [3.05, 3.63) is 17.3 Å². The van der Waals surface area contributed by atoms with Crippen LogP contribution < -0.4 is 0 Å². The number of esters is 1. The molecule has 0 spiro atoms. The third-order valence-electron chi connectivity index (χ3n) is 3.60. The Labute approximate surface area is 112 Å². The van der Waals surface area contributed by atoms with Gasteiger partial charge in [-0.3, -0.25) is 0 Å². The van der Waals surface area contributed by atoms with Crippen LogP contribution in [-0.4, -0.2) is 30.8 Å². The molecule has 2 fully saturated rings. The minimum absolute atomic E-state index is 0.175. The van der Waals surface area contributed by atoms with Crippen LogP contribution >= 0.6 is 0 Å². The SMILES string of the molecule is CCOC(=O)c1oc(C2CCCOC2)nc1C1CC1. The molecule has 1 atom stereocenters. The van der Waals surface area contributed by atoms with Crippen LogP contribution in [0.25, 0.3) is 0 Å². The number of rotatable bonds is 4. The molecule has 1 unspecified atom stereocenters. The Morgan fingerprint density at radius 3 is 2.84 bits per heavy atom. The van der Waals surface area contributed by atoms with Gasteiger partial charge in [0, 0.05) is 12.5 Å². The van der Waals surface area contributed by atoms with E-state index < -0.39 is 0 Å². The van der Waals surface area contributed by atoms with Crippen LogP contribution in [0.5, 0.6) is 0 Å². The van der Waals surface area contributed by atoms with Crippen molar-refractivity contribution in [2.45, 2.75) is 44.4 Å². The molecule has 1 saturated heterocycles. The fourth-order valence-corrected chi connectivity index (χ4v) is 2.44. The van der Waals surface area contributed by atoms with Crippen molar-refractivity contribution in [3.8, 4) is 0 Å². The largest absolute Gasteiger partial charge is 0.460 e. The lowest BCUT2D eigenvalue weighted by molar-refractivity contribution is 0.0473. The molecule has 0 amide bonds. The third kappa shape index (κ3) is 2.66. The number of nitrogens with zero attached hydrogens (tertiary/aromatic N) is 1. The molecule has 5 heteroatoms. The molecule has 1 saturated carbocycles. The Morgan fingerprint density at radius 1 is 1.37 bits per heavy atom. The molecule has 0 bridgehead atoms. The average Bonchev–Trinajstić information content (AvgIpc) is 3.19. The standard InChI is InChI=1S/C14H19NO4/c1-2-18-14(16)12-11(9-5-6-9)15-13(19-12)10-4-3-7-17-8-10/h9-10H,2-8H2,1H3. The van der Waals surface area contributed by atoms with Crippen molar-refractivity contribution >= 4 is 5.97 Å². The monoisotopic (exact) mass is 265 g/mol. The van der Waals surface area contributed by atoms with Gasteiger partial charge in [0.05, 0.1) is 24.8 Å². The molecule has 2 aliphatic rings. The summed E-state index contributed by atoms with van der Waals surface area (Å²) in [4.78, 5) is 16.5. The van der Waals surface area contributed by atoms with Crippen molar-refractivity contribution in [1.29, 1.82) is 0 Å². The van der Waals surface area contributed by atoms with Gasteiger partial charge in [0.2, 0.25) is 11.7 Å². The number of hydrogen-bond acceptors (Lipinski definition) is 5. The van der Waals surface area contributed by atoms with Crippen LogP contribution in [0.15, 0.2) is 4.42 Å². The fraction of sp³-hybridized carbons (Fsp3) is 0.714. The van der Waals surface area contributed by atoms with Gasteiger partial charge in [-0.05, 0) is 32.6 Å². The summed E-state index contributed by atoms with van der Waals surface area (Å²) < 4.78 is 16.2. The molecule has 0 aromatic carbocycles. The average molecular weight is 265 g/mol. The van der Waals surface area contributed by atoms with Crippen LogP contribution in [0, 0.1) is 0 Å². The second-order valence-corrected chi connectivity index (χ2v) is 5.18. The first kappa shape index (κ1) is 12.7. The van der Waals surface area contributed by atoms with Gasteiger partial charge in [-0.2, -0.15) is 0 Å². The van der Waals surface area contributed by atoms with E-state index in [9.17, 15) is 4.79 Å². The van der Waals surface area contributed by atoms with E-state index in [1.165, 1.54) is 0 Å². The van der Waals surface area contributed by atoms with E-state index in [1.54, 1.807) is 6.92 Å². The highest BCUT2D eigenvalue weighted by molar-refractivity contribution is 5.87. The number of aromatic nitrogens is 1. The molecule has 1 aliphatic heterocycles. The molecule has 0 radical (unpaired) electrons. The zero-order valence-electron chi connectivity index (χ0n) is 11.2. The van der Waals surface area contributed by atoms with E-state index in [0.717, 1.165) is 38.0 Å². The van der Waals surface area contributed by atoms with Gasteiger partial charge < -0.3 is 13.9 Å². The molecule has 0 N–H and O–H groups in total. The lowest BCUT2D eigenvalue weighted by Gasteiger charge is -2.18. The quantitative estimate of drug-likeness (QED) is 0.783. The smallest absolute Gasteiger partial charge is 0.376 e. The summed E-state index contributed by atoms with van der Waals surface area (Å²) >= 11 is 0. The summed E-state index contributed by atoms with van der Waals surface area (Å²) in [5.41, 5.74) is 0.791. The second-order valence-electron chi connectivity index (χ2n) is 5.18. The Kier molecular flexibility index (Phi) is 3.55. The van der Waals surface area contributed by atoms with Crippen LogP contribution in [0.2, 0.25) is 0 Å². The molecule has 1 aliphatic carbocycles. The van der Waals surface area contributed by atoms with Gasteiger partial charge in [-0.25, -0.2) is 9.78 Å². The zero-order chi connectivity index (χ0) is 13.2. The maximum absolute atomic E-state index is 11.9. The minimum Gasteiger partial charge on any atom is -0.460 e. The van der Waals surface area contributed by atoms with Gasteiger partial charge in [-0.1, -0.05) is 0 Å². The van der Waals surface area contributed by atoms with Gasteiger partial charge in [0.25, 0.3) is 0 Å². The van der Waals surface area contributed by atoms with Crippen LogP contribution in [0.4, 0.5) is 0 Å². The van der Waals surface area contributed by atoms with E-state index in [2.05, 4.69) is 4.98 Å². The Balaban J connectivity index is 1.85. The van der Waals surface area contributed by atoms with E-state index >= 15 is 0 Å². The predicted octanol–water partition coefficient (Wildman–Crippen LogP) is 2.62. The van der Waals surface area contributed by atoms with Crippen molar-refractivity contribution in [2.24, 2.45) is 0 Å². The summed E-state index contributed by atoms with van der Waals surface area (Å²) in [6, 6.07) is 0. The second kappa shape index (κ2) is 5.33. The maximum atomic E-state index is 11.9. The van der Waals surface area contributed by atoms with Gasteiger partial charge in [0.1, 0.15) is 0 Å². The molecule has 1 aromatic heterocycles. The summed E-state index contributed by atoms with van der Waals surface area (Å²) in [6.45, 7) is 3.58. The van der Waals surface area contributed by atoms with E-state index in [4.69, 9.17) is 13.9 Å². The van der Waals surface area contributed by atoms with Gasteiger partial charge >= 0.3 is 5.97 Å². The number of carbonyl (C=O) groups excluding carboxylic acids is 1. The van der Waals surface area contributed by atoms with Crippen molar-refractivity contribution in [1.82, 2.24) is 4.98 Å². The minimum atomic E-state index is -0.389. The Morgan fingerprint density at radius 2 is 2.21 bits per heavy atom. The summed E-state index contributed by atoms with van der Waals surface area (Å²) in [5.74, 6) is 1.12. The number of oxazole rings is 1. The van der Waals surface area contributed by atoms with E-state index in [0.29, 0.717) is 30.8 Å². The van der Waals surface area contributed by atoms with Gasteiger partial charge in [0.15, 0.2) is 0 Å². The first-order valence-corrected chi connectivity index (χ1v) is 7.05. The molecular formula is C14H19NO4. The van der Waals surface area contributed by atoms with Crippen LogP contribution in [0.3, 0.4) is 0 Å². The van der Waals surface area contributed by atoms with Crippen molar-refractivity contribution < 1.29 is 18.7 Å². The zero-order valence-corrected chi connectivity index (χ0v) is 11.2. The fourth-order valence-electron chi connectivity index (χ4n) is 2.44. The lowest BCUT2D eigenvalue weighted by Crippen LogP contribution is -2.15. The highest BCUT2D eigenvalue weighted by Gasteiger charge is 2.35. The predicted molar refractivity (Wildman–Crippen MR) is 67.2 cm³/mol. The summed E-state index contributed by atoms with van der Waals surface area (Å²) in [5, 5.41) is 0. The topological polar surface area (TPSA) is 61.6 Å². The van der Waals surface area contributed by atoms with Crippen LogP contribution in [-0.2, 0) is 9.47 Å². The molecule has 1 aromatic rings. The number of carbonyl (C=O) groups is 1. The van der Waals surface area contributed by atoms with Crippen molar-refractivity contribution in [3.63, 3.8) is 0 Å². The third-order valence-corrected chi connectivity index (χ3v) is 3.60. The molecule has 3 rings (SSSR count). The summed E-state index contributed by atoms with van der Waals surface area (Å²) in [6.07, 6.45) is 4.19. The van der Waals surface area contributed by atoms with Gasteiger partial charge in [-0.15, -0.1) is 0 Å². The van der Waals surface area contributed by atoms with E-state index in [-0.39, 0.29) is 11.9 Å². The van der Waals surface area contributed by atoms with E-state index in [1.807, 2.05) is 0 Å². The molecular weight excluding hydrogens is 246 g/mol. The normalized spacial score (nSPS) is 23.3. The first-order valence-electron chi connectivity index (χ1n) is 7.05. The molecule has 5 nitrogen and oxygen atoms in total. The van der Waals surface area contributed by atoms with Crippen LogP contribution in [0.1, 0.15) is 66.6 Å². The molecule has 2 heterocycles. The number of ether oxygens (including phenoxy) is 2. The van der Waals surface area contributed by atoms with Crippen molar-refractivity contribution in [2.75, 3.05) is 19.8 Å². The highest BCUT2D eigenvalue weighted by Crippen LogP contribution is 2.42. The number of hydrogen-bond donors (Lipinski definition) is 0. The first-order chi connectivity index (χ1) is 9.29. The Bertz CT molecular complexity index is 458. The molecule has 104 valence electrons. The highest BCUT2D eigenvalue weighted by atomic mass is 16.5. The molecule has 19 heavy (non-hydrogen) atoms. The summed E-state index contributed by atoms with van der Waals surface area (Å²) in [7, 11) is 0. The maximum Gasteiger partial charge on any atom is 0.376 e. The lowest BCUT2D eigenvalue weighted by atomic mass is 10.0. The Hall–Kier alpha value is -1.36.